The van der Waals surface area contributed by atoms with Crippen molar-refractivity contribution >= 4 is 11.5 Å². The van der Waals surface area contributed by atoms with Gasteiger partial charge in [-0.15, -0.1) is 0 Å². The normalized spacial score (nSPS) is 16.4. The number of carbonyl (C=O) groups excluding carboxylic acids is 1. The Bertz CT molecular complexity index is 1420. The van der Waals surface area contributed by atoms with Crippen LogP contribution in [0.2, 0.25) is 0 Å². The van der Waals surface area contributed by atoms with E-state index in [9.17, 15) is 9.18 Å². The Labute approximate surface area is 238 Å². The fraction of sp³-hybridized carbons (Fsp3) is 0.400. The van der Waals surface area contributed by atoms with Gasteiger partial charge in [0.25, 0.3) is 0 Å². The second-order valence-electron chi connectivity index (χ2n) is 12.2. The molecule has 4 nitrogen and oxygen atoms in total. The molecule has 0 radical (unpaired) electrons. The third-order valence-electron chi connectivity index (χ3n) is 7.89. The number of allylic oxidation sites excluding steroid dienone is 2. The number of hydrogen-bond acceptors (Lipinski definition) is 4. The molecular formula is C35H41FO4. The number of halogens is 1. The van der Waals surface area contributed by atoms with Crippen molar-refractivity contribution in [2.45, 2.75) is 66.9 Å². The summed E-state index contributed by atoms with van der Waals surface area (Å²) in [5.74, 6) is 1.07. The minimum absolute atomic E-state index is 0.0381. The molecule has 2 aliphatic rings. The Balaban J connectivity index is 0.000000681. The average Bonchev–Trinajstić information content (AvgIpc) is 3.43. The highest BCUT2D eigenvalue weighted by molar-refractivity contribution is 5.85. The topological polar surface area (TPSA) is 44.8 Å². The number of ether oxygens (including phenoxy) is 3. The fourth-order valence-corrected chi connectivity index (χ4v) is 5.73. The van der Waals surface area contributed by atoms with Gasteiger partial charge in [-0.05, 0) is 106 Å². The highest BCUT2D eigenvalue weighted by Gasteiger charge is 2.31. The van der Waals surface area contributed by atoms with Crippen LogP contribution in [0.5, 0.6) is 11.5 Å². The molecular weight excluding hydrogens is 503 g/mol. The van der Waals surface area contributed by atoms with Crippen molar-refractivity contribution in [3.63, 3.8) is 0 Å². The summed E-state index contributed by atoms with van der Waals surface area (Å²) in [6.07, 6.45) is 6.65. The van der Waals surface area contributed by atoms with E-state index in [0.717, 1.165) is 48.1 Å². The van der Waals surface area contributed by atoms with Crippen LogP contribution in [0.25, 0.3) is 16.7 Å². The van der Waals surface area contributed by atoms with Crippen molar-refractivity contribution in [3.8, 4) is 22.6 Å². The van der Waals surface area contributed by atoms with Crippen LogP contribution in [0.15, 0.2) is 60.7 Å². The SMILES string of the molecule is COC(C)=O.COc1ccc(F)c(-c2ccc(COc3ccc4c(c3)CC(C)(C)C4)cc2C2=CCCC2(C)C)c1. The summed E-state index contributed by atoms with van der Waals surface area (Å²) < 4.78 is 30.7. The van der Waals surface area contributed by atoms with Gasteiger partial charge in [-0.25, -0.2) is 4.39 Å². The van der Waals surface area contributed by atoms with Gasteiger partial charge >= 0.3 is 5.97 Å². The van der Waals surface area contributed by atoms with E-state index in [-0.39, 0.29) is 17.2 Å². The maximum atomic E-state index is 15.0. The summed E-state index contributed by atoms with van der Waals surface area (Å²) in [7, 11) is 2.96. The van der Waals surface area contributed by atoms with E-state index >= 15 is 0 Å². The zero-order valence-electron chi connectivity index (χ0n) is 24.8. The van der Waals surface area contributed by atoms with Crippen LogP contribution in [0.1, 0.15) is 69.7 Å². The van der Waals surface area contributed by atoms with E-state index in [4.69, 9.17) is 9.47 Å². The molecule has 0 aromatic heterocycles. The Kier molecular flexibility index (Phi) is 8.72. The van der Waals surface area contributed by atoms with Gasteiger partial charge < -0.3 is 14.2 Å². The highest BCUT2D eigenvalue weighted by atomic mass is 19.1. The molecule has 5 rings (SSSR count). The van der Waals surface area contributed by atoms with E-state index < -0.39 is 0 Å². The summed E-state index contributed by atoms with van der Waals surface area (Å²) in [4.78, 5) is 9.59. The highest BCUT2D eigenvalue weighted by Crippen LogP contribution is 2.47. The van der Waals surface area contributed by atoms with Gasteiger partial charge in [0, 0.05) is 12.5 Å². The van der Waals surface area contributed by atoms with Gasteiger partial charge in [0.1, 0.15) is 23.9 Å². The molecule has 0 fully saturated rings. The first-order valence-corrected chi connectivity index (χ1v) is 13.9. The minimum atomic E-state index is -0.245. The molecule has 212 valence electrons. The smallest absolute Gasteiger partial charge is 0.302 e. The lowest BCUT2D eigenvalue weighted by Gasteiger charge is -2.25. The molecule has 2 aliphatic carbocycles. The lowest BCUT2D eigenvalue weighted by atomic mass is 9.79. The fourth-order valence-electron chi connectivity index (χ4n) is 5.73. The molecule has 0 saturated heterocycles. The maximum absolute atomic E-state index is 15.0. The van der Waals surface area contributed by atoms with Crippen LogP contribution < -0.4 is 9.47 Å². The van der Waals surface area contributed by atoms with Crippen LogP contribution in [-0.2, 0) is 29.0 Å². The zero-order valence-corrected chi connectivity index (χ0v) is 24.8. The molecule has 0 spiro atoms. The van der Waals surface area contributed by atoms with Crippen molar-refractivity contribution < 1.29 is 23.4 Å². The quantitative estimate of drug-likeness (QED) is 0.292. The number of methoxy groups -OCH3 is 2. The molecule has 0 bridgehead atoms. The molecule has 3 aromatic rings. The Morgan fingerprint density at radius 1 is 0.850 bits per heavy atom. The Morgan fingerprint density at radius 2 is 1.55 bits per heavy atom. The first-order chi connectivity index (χ1) is 18.9. The number of esters is 1. The molecule has 40 heavy (non-hydrogen) atoms. The number of rotatable bonds is 6. The van der Waals surface area contributed by atoms with E-state index in [0.29, 0.717) is 23.3 Å². The predicted octanol–water partition coefficient (Wildman–Crippen LogP) is 8.59. The van der Waals surface area contributed by atoms with Gasteiger partial charge in [-0.3, -0.25) is 4.79 Å². The molecule has 0 heterocycles. The summed E-state index contributed by atoms with van der Waals surface area (Å²) in [5, 5.41) is 0. The largest absolute Gasteiger partial charge is 0.497 e. The summed E-state index contributed by atoms with van der Waals surface area (Å²) in [6, 6.07) is 17.7. The average molecular weight is 545 g/mol. The first-order valence-electron chi connectivity index (χ1n) is 13.9. The number of fused-ring (bicyclic) bond motifs is 1. The molecule has 0 N–H and O–H groups in total. The third-order valence-corrected chi connectivity index (χ3v) is 7.89. The molecule has 0 amide bonds. The Hall–Kier alpha value is -3.60. The van der Waals surface area contributed by atoms with Crippen LogP contribution in [0.3, 0.4) is 0 Å². The number of hydrogen-bond donors (Lipinski definition) is 0. The van der Waals surface area contributed by atoms with Gasteiger partial charge in [0.2, 0.25) is 0 Å². The lowest BCUT2D eigenvalue weighted by Crippen LogP contribution is -2.10. The molecule has 3 aromatic carbocycles. The van der Waals surface area contributed by atoms with Crippen molar-refractivity contribution in [2.75, 3.05) is 14.2 Å². The van der Waals surface area contributed by atoms with E-state index in [1.54, 1.807) is 19.2 Å². The summed E-state index contributed by atoms with van der Waals surface area (Å²) >= 11 is 0. The predicted molar refractivity (Wildman–Crippen MR) is 159 cm³/mol. The summed E-state index contributed by atoms with van der Waals surface area (Å²) in [5.41, 5.74) is 8.09. The zero-order chi connectivity index (χ0) is 29.1. The molecule has 0 saturated carbocycles. The maximum Gasteiger partial charge on any atom is 0.302 e. The van der Waals surface area contributed by atoms with E-state index in [1.165, 1.54) is 36.8 Å². The van der Waals surface area contributed by atoms with Gasteiger partial charge in [0.15, 0.2) is 0 Å². The first kappa shape index (κ1) is 29.4. The van der Waals surface area contributed by atoms with Crippen LogP contribution >= 0.6 is 0 Å². The van der Waals surface area contributed by atoms with Crippen LogP contribution in [0, 0.1) is 16.6 Å². The van der Waals surface area contributed by atoms with Gasteiger partial charge in [-0.1, -0.05) is 52.0 Å². The third kappa shape index (κ3) is 6.75. The molecule has 0 atom stereocenters. The molecule has 0 unspecified atom stereocenters. The second-order valence-corrected chi connectivity index (χ2v) is 12.2. The molecule has 0 aliphatic heterocycles. The van der Waals surface area contributed by atoms with Crippen LogP contribution in [-0.4, -0.2) is 20.2 Å². The lowest BCUT2D eigenvalue weighted by molar-refractivity contribution is -0.137. The van der Waals surface area contributed by atoms with Gasteiger partial charge in [-0.2, -0.15) is 0 Å². The van der Waals surface area contributed by atoms with E-state index in [1.807, 2.05) is 6.07 Å². The van der Waals surface area contributed by atoms with Crippen molar-refractivity contribution in [1.82, 2.24) is 0 Å². The second kappa shape index (κ2) is 11.9. The molecule has 5 heteroatoms. The van der Waals surface area contributed by atoms with Crippen LogP contribution in [0.4, 0.5) is 4.39 Å². The van der Waals surface area contributed by atoms with Gasteiger partial charge in [0.05, 0.1) is 14.2 Å². The van der Waals surface area contributed by atoms with Crippen molar-refractivity contribution in [2.24, 2.45) is 10.8 Å². The van der Waals surface area contributed by atoms with Crippen molar-refractivity contribution in [1.29, 1.82) is 0 Å². The number of benzene rings is 3. The standard InChI is InChI=1S/C32H35FO2.C3H6O2/c1-31(2)18-22-9-10-25(16-23(22)19-31)35-20-21-8-12-26(28-17-24(34-5)11-13-30(28)33)27(15-21)29-7-6-14-32(29,3)4;1-3(4)5-2/h7-13,15-17H,6,14,18-20H2,1-5H3;1-2H3. The van der Waals surface area contributed by atoms with E-state index in [2.05, 4.69) is 68.8 Å². The Morgan fingerprint density at radius 3 is 2.20 bits per heavy atom. The minimum Gasteiger partial charge on any atom is -0.497 e. The van der Waals surface area contributed by atoms with Crippen molar-refractivity contribution in [3.05, 3.63) is 88.7 Å². The monoisotopic (exact) mass is 544 g/mol. The number of carbonyl (C=O) groups is 1. The summed E-state index contributed by atoms with van der Waals surface area (Å²) in [6.45, 7) is 11.0.